The van der Waals surface area contributed by atoms with Gasteiger partial charge in [0, 0.05) is 36.3 Å². The molecule has 2 aliphatic heterocycles. The highest BCUT2D eigenvalue weighted by molar-refractivity contribution is 6.30. The lowest BCUT2D eigenvalue weighted by molar-refractivity contribution is 0.0711. The lowest BCUT2D eigenvalue weighted by Gasteiger charge is -2.27. The van der Waals surface area contributed by atoms with Gasteiger partial charge in [-0.15, -0.1) is 0 Å². The molecule has 2 saturated heterocycles. The summed E-state index contributed by atoms with van der Waals surface area (Å²) in [5.41, 5.74) is 1.76. The van der Waals surface area contributed by atoms with Crippen molar-refractivity contribution in [2.75, 3.05) is 19.6 Å². The summed E-state index contributed by atoms with van der Waals surface area (Å²) >= 11 is 5.98. The van der Waals surface area contributed by atoms with Crippen molar-refractivity contribution in [1.29, 1.82) is 0 Å². The normalized spacial score (nSPS) is 28.8. The first-order chi connectivity index (χ1) is 9.61. The molecule has 3 nitrogen and oxygen atoms in total. The Balaban J connectivity index is 1.86. The summed E-state index contributed by atoms with van der Waals surface area (Å²) in [6.45, 7) is 7.12. The molecule has 1 N–H and O–H groups in total. The molecule has 1 amide bonds. The van der Waals surface area contributed by atoms with Gasteiger partial charge >= 0.3 is 0 Å². The maximum Gasteiger partial charge on any atom is 0.254 e. The lowest BCUT2D eigenvalue weighted by Crippen LogP contribution is -2.39. The number of carbonyl (C=O) groups excluding carboxylic acids is 1. The van der Waals surface area contributed by atoms with Crippen molar-refractivity contribution in [2.45, 2.75) is 26.3 Å². The van der Waals surface area contributed by atoms with Crippen LogP contribution in [0, 0.1) is 18.8 Å². The SMILES string of the molecule is CCC1C2CNCC2CN1C(=O)c1ccc(Cl)cc1C. The molecule has 0 saturated carbocycles. The fourth-order valence-corrected chi connectivity index (χ4v) is 4.03. The molecule has 1 aromatic rings. The van der Waals surface area contributed by atoms with Crippen molar-refractivity contribution in [3.05, 3.63) is 34.3 Å². The van der Waals surface area contributed by atoms with E-state index in [0.717, 1.165) is 37.2 Å². The van der Waals surface area contributed by atoms with Crippen LogP contribution in [0.5, 0.6) is 0 Å². The van der Waals surface area contributed by atoms with Crippen LogP contribution in [0.25, 0.3) is 0 Å². The van der Waals surface area contributed by atoms with E-state index in [-0.39, 0.29) is 5.91 Å². The van der Waals surface area contributed by atoms with E-state index in [4.69, 9.17) is 11.6 Å². The Bertz CT molecular complexity index is 531. The number of nitrogens with one attached hydrogen (secondary N) is 1. The number of fused-ring (bicyclic) bond motifs is 1. The van der Waals surface area contributed by atoms with E-state index in [0.29, 0.717) is 22.9 Å². The number of nitrogens with zero attached hydrogens (tertiary/aromatic N) is 1. The maximum atomic E-state index is 12.8. The minimum absolute atomic E-state index is 0.167. The molecule has 108 valence electrons. The molecule has 0 spiro atoms. The molecule has 3 rings (SSSR count). The molecule has 0 bridgehead atoms. The Morgan fingerprint density at radius 1 is 1.45 bits per heavy atom. The van der Waals surface area contributed by atoms with Crippen molar-refractivity contribution in [3.63, 3.8) is 0 Å². The summed E-state index contributed by atoms with van der Waals surface area (Å²) in [5, 5.41) is 4.14. The second kappa shape index (κ2) is 5.38. The van der Waals surface area contributed by atoms with E-state index in [9.17, 15) is 4.79 Å². The minimum atomic E-state index is 0.167. The molecule has 0 radical (unpaired) electrons. The molecule has 2 fully saturated rings. The summed E-state index contributed by atoms with van der Waals surface area (Å²) in [7, 11) is 0. The monoisotopic (exact) mass is 292 g/mol. The summed E-state index contributed by atoms with van der Waals surface area (Å²) in [4.78, 5) is 14.9. The van der Waals surface area contributed by atoms with Crippen molar-refractivity contribution >= 4 is 17.5 Å². The first-order valence-electron chi connectivity index (χ1n) is 7.39. The van der Waals surface area contributed by atoms with Gasteiger partial charge in [0.25, 0.3) is 5.91 Å². The van der Waals surface area contributed by atoms with Crippen LogP contribution in [0.2, 0.25) is 5.02 Å². The van der Waals surface area contributed by atoms with E-state index in [1.165, 1.54) is 0 Å². The molecular formula is C16H21ClN2O. The third-order valence-corrected chi connectivity index (χ3v) is 5.05. The van der Waals surface area contributed by atoms with Gasteiger partial charge in [-0.1, -0.05) is 18.5 Å². The number of carbonyl (C=O) groups is 1. The van der Waals surface area contributed by atoms with Crippen LogP contribution < -0.4 is 5.32 Å². The minimum Gasteiger partial charge on any atom is -0.335 e. The number of halogens is 1. The number of amides is 1. The second-order valence-corrected chi connectivity index (χ2v) is 6.41. The number of hydrogen-bond acceptors (Lipinski definition) is 2. The van der Waals surface area contributed by atoms with E-state index >= 15 is 0 Å². The van der Waals surface area contributed by atoms with Crippen LogP contribution in [0.1, 0.15) is 29.3 Å². The van der Waals surface area contributed by atoms with Crippen LogP contribution in [-0.2, 0) is 0 Å². The quantitative estimate of drug-likeness (QED) is 0.909. The van der Waals surface area contributed by atoms with Gasteiger partial charge in [0.15, 0.2) is 0 Å². The zero-order chi connectivity index (χ0) is 14.3. The standard InChI is InChI=1S/C16H21ClN2O/c1-3-15-14-8-18-7-11(14)9-19(15)16(20)13-5-4-12(17)6-10(13)2/h4-6,11,14-15,18H,3,7-9H2,1-2H3. The van der Waals surface area contributed by atoms with E-state index in [1.807, 2.05) is 19.1 Å². The van der Waals surface area contributed by atoms with Crippen LogP contribution in [0.3, 0.4) is 0 Å². The van der Waals surface area contributed by atoms with E-state index in [2.05, 4.69) is 17.1 Å². The molecule has 20 heavy (non-hydrogen) atoms. The number of benzene rings is 1. The Hall–Kier alpha value is -1.06. The molecule has 3 atom stereocenters. The highest BCUT2D eigenvalue weighted by atomic mass is 35.5. The third-order valence-electron chi connectivity index (χ3n) is 4.82. The zero-order valence-electron chi connectivity index (χ0n) is 12.0. The lowest BCUT2D eigenvalue weighted by atomic mass is 9.93. The van der Waals surface area contributed by atoms with E-state index < -0.39 is 0 Å². The van der Waals surface area contributed by atoms with Gasteiger partial charge in [0.1, 0.15) is 0 Å². The fraction of sp³-hybridized carbons (Fsp3) is 0.562. The molecule has 3 unspecified atom stereocenters. The van der Waals surface area contributed by atoms with Crippen LogP contribution in [-0.4, -0.2) is 36.5 Å². The van der Waals surface area contributed by atoms with Crippen LogP contribution >= 0.6 is 11.6 Å². The van der Waals surface area contributed by atoms with Gasteiger partial charge in [0.05, 0.1) is 0 Å². The molecule has 2 aliphatic rings. The average Bonchev–Trinajstić information content (AvgIpc) is 2.97. The Kier molecular flexibility index (Phi) is 3.74. The average molecular weight is 293 g/mol. The number of rotatable bonds is 2. The Morgan fingerprint density at radius 2 is 2.25 bits per heavy atom. The summed E-state index contributed by atoms with van der Waals surface area (Å²) in [6.07, 6.45) is 1.03. The topological polar surface area (TPSA) is 32.3 Å². The predicted octanol–water partition coefficient (Wildman–Crippen LogP) is 2.72. The Labute approximate surface area is 125 Å². The molecule has 4 heteroatoms. The van der Waals surface area contributed by atoms with Crippen molar-refractivity contribution in [3.8, 4) is 0 Å². The van der Waals surface area contributed by atoms with E-state index in [1.54, 1.807) is 6.07 Å². The summed E-state index contributed by atoms with van der Waals surface area (Å²) in [5.74, 6) is 1.41. The number of aryl methyl sites for hydroxylation is 1. The summed E-state index contributed by atoms with van der Waals surface area (Å²) in [6, 6.07) is 5.91. The summed E-state index contributed by atoms with van der Waals surface area (Å²) < 4.78 is 0. The predicted molar refractivity (Wildman–Crippen MR) is 81.2 cm³/mol. The van der Waals surface area contributed by atoms with Crippen molar-refractivity contribution < 1.29 is 4.79 Å². The largest absolute Gasteiger partial charge is 0.335 e. The highest BCUT2D eigenvalue weighted by Gasteiger charge is 2.45. The number of hydrogen-bond donors (Lipinski definition) is 1. The maximum absolute atomic E-state index is 12.8. The van der Waals surface area contributed by atoms with Gasteiger partial charge in [0.2, 0.25) is 0 Å². The van der Waals surface area contributed by atoms with Crippen LogP contribution in [0.4, 0.5) is 0 Å². The highest BCUT2D eigenvalue weighted by Crippen LogP contribution is 2.35. The second-order valence-electron chi connectivity index (χ2n) is 5.97. The van der Waals surface area contributed by atoms with Gasteiger partial charge in [-0.3, -0.25) is 4.79 Å². The van der Waals surface area contributed by atoms with Gasteiger partial charge in [-0.05, 0) is 48.9 Å². The third kappa shape index (κ3) is 2.23. The van der Waals surface area contributed by atoms with Gasteiger partial charge < -0.3 is 10.2 Å². The first-order valence-corrected chi connectivity index (χ1v) is 7.77. The smallest absolute Gasteiger partial charge is 0.254 e. The number of likely N-dealkylation sites (tertiary alicyclic amines) is 1. The molecule has 0 aliphatic carbocycles. The van der Waals surface area contributed by atoms with Crippen molar-refractivity contribution in [2.24, 2.45) is 11.8 Å². The zero-order valence-corrected chi connectivity index (χ0v) is 12.8. The van der Waals surface area contributed by atoms with Crippen molar-refractivity contribution in [1.82, 2.24) is 10.2 Å². The fourth-order valence-electron chi connectivity index (χ4n) is 3.80. The molecule has 1 aromatic carbocycles. The Morgan fingerprint density at radius 3 is 2.95 bits per heavy atom. The van der Waals surface area contributed by atoms with Crippen LogP contribution in [0.15, 0.2) is 18.2 Å². The van der Waals surface area contributed by atoms with Gasteiger partial charge in [-0.25, -0.2) is 0 Å². The molecular weight excluding hydrogens is 272 g/mol. The molecule has 2 heterocycles. The molecule has 0 aromatic heterocycles. The van der Waals surface area contributed by atoms with Gasteiger partial charge in [-0.2, -0.15) is 0 Å². The first kappa shape index (κ1) is 13.9.